The fraction of sp³-hybridized carbons (Fsp3) is 0.182. The SMILES string of the molecule is Cc1cc(Br)c(-n2c(N)nnc2SCC(=O)O)cc1Cl. The molecule has 0 radical (unpaired) electrons. The summed E-state index contributed by atoms with van der Waals surface area (Å²) in [4.78, 5) is 10.7. The van der Waals surface area contributed by atoms with Crippen LogP contribution in [0.2, 0.25) is 5.02 Å². The van der Waals surface area contributed by atoms with Gasteiger partial charge in [-0.1, -0.05) is 23.4 Å². The van der Waals surface area contributed by atoms with Crippen LogP contribution in [0, 0.1) is 6.92 Å². The first-order chi connectivity index (χ1) is 9.40. The van der Waals surface area contributed by atoms with Crippen LogP contribution in [0.4, 0.5) is 5.95 Å². The lowest BCUT2D eigenvalue weighted by Crippen LogP contribution is -2.05. The number of carboxylic acids is 1. The number of aliphatic carboxylic acids is 1. The predicted octanol–water partition coefficient (Wildman–Crippen LogP) is 2.75. The summed E-state index contributed by atoms with van der Waals surface area (Å²) in [5.41, 5.74) is 7.38. The van der Waals surface area contributed by atoms with E-state index in [-0.39, 0.29) is 11.7 Å². The molecule has 2 aromatic rings. The molecule has 1 heterocycles. The number of anilines is 1. The molecular weight excluding hydrogens is 368 g/mol. The third kappa shape index (κ3) is 3.08. The van der Waals surface area contributed by atoms with Gasteiger partial charge in [0.2, 0.25) is 5.95 Å². The maximum Gasteiger partial charge on any atom is 0.313 e. The number of carboxylic acid groups (broad SMARTS) is 1. The molecule has 0 unspecified atom stereocenters. The lowest BCUT2D eigenvalue weighted by Gasteiger charge is -2.11. The summed E-state index contributed by atoms with van der Waals surface area (Å²) in [6.07, 6.45) is 0. The number of benzene rings is 1. The minimum Gasteiger partial charge on any atom is -0.481 e. The lowest BCUT2D eigenvalue weighted by atomic mass is 10.2. The number of nitrogens with two attached hydrogens (primary N) is 1. The highest BCUT2D eigenvalue weighted by Gasteiger charge is 2.16. The molecule has 0 atom stereocenters. The minimum atomic E-state index is -0.941. The molecule has 0 aliphatic carbocycles. The summed E-state index contributed by atoms with van der Waals surface area (Å²) in [5, 5.41) is 17.4. The zero-order valence-electron chi connectivity index (χ0n) is 10.3. The van der Waals surface area contributed by atoms with Crippen LogP contribution in [0.1, 0.15) is 5.56 Å². The highest BCUT2D eigenvalue weighted by molar-refractivity contribution is 9.10. The highest BCUT2D eigenvalue weighted by atomic mass is 79.9. The first kappa shape index (κ1) is 15.1. The van der Waals surface area contributed by atoms with Crippen molar-refractivity contribution in [3.63, 3.8) is 0 Å². The van der Waals surface area contributed by atoms with Crippen molar-refractivity contribution in [2.75, 3.05) is 11.5 Å². The average molecular weight is 378 g/mol. The summed E-state index contributed by atoms with van der Waals surface area (Å²) in [6, 6.07) is 3.58. The van der Waals surface area contributed by atoms with Crippen LogP contribution in [0.25, 0.3) is 5.69 Å². The highest BCUT2D eigenvalue weighted by Crippen LogP contribution is 2.32. The molecule has 1 aromatic carbocycles. The van der Waals surface area contributed by atoms with Gasteiger partial charge in [-0.3, -0.25) is 9.36 Å². The molecule has 0 saturated heterocycles. The molecule has 106 valence electrons. The van der Waals surface area contributed by atoms with Crippen molar-refractivity contribution >= 4 is 51.2 Å². The van der Waals surface area contributed by atoms with Crippen LogP contribution in [0.15, 0.2) is 21.8 Å². The number of hydrogen-bond acceptors (Lipinski definition) is 5. The maximum absolute atomic E-state index is 10.7. The molecule has 3 N–H and O–H groups in total. The molecule has 1 aromatic heterocycles. The maximum atomic E-state index is 10.7. The fourth-order valence-electron chi connectivity index (χ4n) is 1.53. The number of hydrogen-bond donors (Lipinski definition) is 2. The summed E-state index contributed by atoms with van der Waals surface area (Å²) < 4.78 is 2.33. The third-order valence-electron chi connectivity index (χ3n) is 2.45. The number of carbonyl (C=O) groups is 1. The molecule has 6 nitrogen and oxygen atoms in total. The van der Waals surface area contributed by atoms with E-state index in [1.165, 1.54) is 0 Å². The van der Waals surface area contributed by atoms with E-state index in [0.717, 1.165) is 21.8 Å². The number of thioether (sulfide) groups is 1. The van der Waals surface area contributed by atoms with Crippen molar-refractivity contribution < 1.29 is 9.90 Å². The third-order valence-corrected chi connectivity index (χ3v) is 4.41. The molecule has 0 bridgehead atoms. The van der Waals surface area contributed by atoms with Gasteiger partial charge in [-0.15, -0.1) is 10.2 Å². The Hall–Kier alpha value is -1.25. The standard InChI is InChI=1S/C11H10BrClN4O2S/c1-5-2-6(12)8(3-7(5)13)17-10(14)15-16-11(17)20-4-9(18)19/h2-3H,4H2,1H3,(H2,14,15)(H,18,19). The molecule has 2 rings (SSSR count). The number of nitrogens with zero attached hydrogens (tertiary/aromatic N) is 3. The van der Waals surface area contributed by atoms with Crippen molar-refractivity contribution in [3.8, 4) is 5.69 Å². The van der Waals surface area contributed by atoms with Crippen molar-refractivity contribution in [2.45, 2.75) is 12.1 Å². The number of nitrogen functional groups attached to an aromatic ring is 1. The van der Waals surface area contributed by atoms with Crippen LogP contribution in [0.3, 0.4) is 0 Å². The van der Waals surface area contributed by atoms with E-state index in [1.807, 2.05) is 13.0 Å². The zero-order chi connectivity index (χ0) is 14.9. The van der Waals surface area contributed by atoms with E-state index in [4.69, 9.17) is 22.4 Å². The molecule has 20 heavy (non-hydrogen) atoms. The normalized spacial score (nSPS) is 10.8. The number of aryl methyl sites for hydroxylation is 1. The quantitative estimate of drug-likeness (QED) is 0.796. The first-order valence-corrected chi connectivity index (χ1v) is 7.57. The van der Waals surface area contributed by atoms with Crippen LogP contribution in [0.5, 0.6) is 0 Å². The van der Waals surface area contributed by atoms with Gasteiger partial charge in [0.15, 0.2) is 5.16 Å². The summed E-state index contributed by atoms with van der Waals surface area (Å²) >= 11 is 10.6. The van der Waals surface area contributed by atoms with Gasteiger partial charge in [-0.05, 0) is 40.5 Å². The van der Waals surface area contributed by atoms with Crippen LogP contribution < -0.4 is 5.73 Å². The van der Waals surface area contributed by atoms with Gasteiger partial charge in [0.25, 0.3) is 0 Å². The van der Waals surface area contributed by atoms with E-state index in [0.29, 0.717) is 15.9 Å². The Morgan fingerprint density at radius 3 is 2.90 bits per heavy atom. The molecular formula is C11H10BrClN4O2S. The monoisotopic (exact) mass is 376 g/mol. The molecule has 0 aliphatic rings. The molecule has 9 heteroatoms. The van der Waals surface area contributed by atoms with Gasteiger partial charge < -0.3 is 10.8 Å². The molecule has 0 amide bonds. The Bertz CT molecular complexity index is 677. The van der Waals surface area contributed by atoms with Gasteiger partial charge >= 0.3 is 5.97 Å². The van der Waals surface area contributed by atoms with E-state index < -0.39 is 5.97 Å². The molecule has 0 saturated carbocycles. The van der Waals surface area contributed by atoms with Gasteiger partial charge in [0.05, 0.1) is 11.4 Å². The second-order valence-electron chi connectivity index (χ2n) is 3.91. The van der Waals surface area contributed by atoms with Gasteiger partial charge in [-0.2, -0.15) is 0 Å². The number of halogens is 2. The Labute approximate surface area is 132 Å². The van der Waals surface area contributed by atoms with E-state index in [9.17, 15) is 4.79 Å². The summed E-state index contributed by atoms with van der Waals surface area (Å²) in [6.45, 7) is 1.88. The van der Waals surface area contributed by atoms with Crippen molar-refractivity contribution in [3.05, 3.63) is 27.2 Å². The summed E-state index contributed by atoms with van der Waals surface area (Å²) in [5.74, 6) is -0.905. The van der Waals surface area contributed by atoms with Crippen molar-refractivity contribution in [1.82, 2.24) is 14.8 Å². The Balaban J connectivity index is 2.49. The average Bonchev–Trinajstić information content (AvgIpc) is 2.73. The van der Waals surface area contributed by atoms with Gasteiger partial charge in [0.1, 0.15) is 0 Å². The Morgan fingerprint density at radius 2 is 2.25 bits per heavy atom. The smallest absolute Gasteiger partial charge is 0.313 e. The molecule has 0 aliphatic heterocycles. The number of aromatic nitrogens is 3. The molecule has 0 spiro atoms. The van der Waals surface area contributed by atoms with Crippen LogP contribution in [-0.4, -0.2) is 31.6 Å². The predicted molar refractivity (Wildman–Crippen MR) is 81.6 cm³/mol. The van der Waals surface area contributed by atoms with Gasteiger partial charge in [0, 0.05) is 9.50 Å². The zero-order valence-corrected chi connectivity index (χ0v) is 13.5. The topological polar surface area (TPSA) is 94.0 Å². The van der Waals surface area contributed by atoms with Crippen molar-refractivity contribution in [2.24, 2.45) is 0 Å². The minimum absolute atomic E-state index is 0.130. The van der Waals surface area contributed by atoms with Crippen LogP contribution >= 0.6 is 39.3 Å². The summed E-state index contributed by atoms with van der Waals surface area (Å²) in [7, 11) is 0. The second-order valence-corrected chi connectivity index (χ2v) is 6.12. The Kier molecular flexibility index (Phi) is 4.56. The largest absolute Gasteiger partial charge is 0.481 e. The van der Waals surface area contributed by atoms with E-state index in [2.05, 4.69) is 26.1 Å². The second kappa shape index (κ2) is 6.02. The number of rotatable bonds is 4. The molecule has 0 fully saturated rings. The van der Waals surface area contributed by atoms with E-state index in [1.54, 1.807) is 10.6 Å². The van der Waals surface area contributed by atoms with E-state index >= 15 is 0 Å². The fourth-order valence-corrected chi connectivity index (χ4v) is 3.00. The first-order valence-electron chi connectivity index (χ1n) is 5.41. The lowest BCUT2D eigenvalue weighted by molar-refractivity contribution is -0.133. The van der Waals surface area contributed by atoms with Gasteiger partial charge in [-0.25, -0.2) is 0 Å². The van der Waals surface area contributed by atoms with Crippen LogP contribution in [-0.2, 0) is 4.79 Å². The van der Waals surface area contributed by atoms with Crippen molar-refractivity contribution in [1.29, 1.82) is 0 Å². The Morgan fingerprint density at radius 1 is 1.55 bits per heavy atom.